The Morgan fingerprint density at radius 3 is 2.68 bits per heavy atom. The molecule has 0 saturated carbocycles. The number of ether oxygens (including phenoxy) is 1. The lowest BCUT2D eigenvalue weighted by molar-refractivity contribution is -0.0642. The number of hydrogen-bond acceptors (Lipinski definition) is 4. The molecule has 2 aromatic carbocycles. The second kappa shape index (κ2) is 7.36. The van der Waals surface area contributed by atoms with Crippen LogP contribution < -0.4 is 10.1 Å². The molecule has 146 valence electrons. The normalized spacial score (nSPS) is 20.6. The number of nitrogens with zero attached hydrogens (tertiary/aromatic N) is 1. The molecule has 2 N–H and O–H groups in total. The van der Waals surface area contributed by atoms with Crippen molar-refractivity contribution in [3.63, 3.8) is 0 Å². The van der Waals surface area contributed by atoms with E-state index in [1.165, 1.54) is 5.56 Å². The van der Waals surface area contributed by atoms with Crippen molar-refractivity contribution < 1.29 is 9.84 Å². The molecule has 28 heavy (non-hydrogen) atoms. The van der Waals surface area contributed by atoms with Gasteiger partial charge in [-0.05, 0) is 63.1 Å². The first kappa shape index (κ1) is 19.2. The summed E-state index contributed by atoms with van der Waals surface area (Å²) in [4.78, 5) is 4.47. The van der Waals surface area contributed by atoms with Gasteiger partial charge >= 0.3 is 0 Å². The van der Waals surface area contributed by atoms with E-state index in [2.05, 4.69) is 22.4 Å². The van der Waals surface area contributed by atoms with Crippen LogP contribution in [0.25, 0.3) is 10.9 Å². The number of halogens is 1. The Morgan fingerprint density at radius 2 is 1.93 bits per heavy atom. The highest BCUT2D eigenvalue weighted by atomic mass is 35.5. The Bertz CT molecular complexity index is 1000. The van der Waals surface area contributed by atoms with Crippen LogP contribution in [0.4, 0.5) is 0 Å². The fourth-order valence-electron chi connectivity index (χ4n) is 3.88. The third kappa shape index (κ3) is 3.60. The van der Waals surface area contributed by atoms with Crippen LogP contribution in [-0.2, 0) is 6.42 Å². The summed E-state index contributed by atoms with van der Waals surface area (Å²) in [6.45, 7) is 6.61. The number of fused-ring (bicyclic) bond motifs is 2. The monoisotopic (exact) mass is 396 g/mol. The van der Waals surface area contributed by atoms with Crippen molar-refractivity contribution in [2.45, 2.75) is 44.9 Å². The van der Waals surface area contributed by atoms with Crippen molar-refractivity contribution in [1.82, 2.24) is 10.3 Å². The van der Waals surface area contributed by atoms with E-state index in [9.17, 15) is 5.11 Å². The van der Waals surface area contributed by atoms with Crippen LogP contribution in [0.15, 0.2) is 48.5 Å². The standard InChI is InChI=1S/C23H25ClN2O2/c1-14-11-20(24)26-18-12-17-19(13-16(14)18)28-23(2,3)22(27)21(17)25-10-9-15-7-5-4-6-8-15/h4-8,11-13,21-22,25,27H,9-10H2,1-3H3/t21-,22+/m1/s1. The topological polar surface area (TPSA) is 54.4 Å². The van der Waals surface area contributed by atoms with Gasteiger partial charge in [0.15, 0.2) is 0 Å². The first-order valence-electron chi connectivity index (χ1n) is 9.60. The summed E-state index contributed by atoms with van der Waals surface area (Å²) >= 11 is 6.16. The first-order valence-corrected chi connectivity index (χ1v) is 9.98. The van der Waals surface area contributed by atoms with Crippen molar-refractivity contribution in [2.75, 3.05) is 6.54 Å². The third-order valence-electron chi connectivity index (χ3n) is 5.47. The third-order valence-corrected chi connectivity index (χ3v) is 5.67. The number of hydrogen-bond donors (Lipinski definition) is 2. The minimum atomic E-state index is -0.696. The molecule has 4 nitrogen and oxygen atoms in total. The highest BCUT2D eigenvalue weighted by Gasteiger charge is 2.42. The van der Waals surface area contributed by atoms with Gasteiger partial charge in [-0.3, -0.25) is 0 Å². The molecule has 0 fully saturated rings. The lowest BCUT2D eigenvalue weighted by Gasteiger charge is -2.42. The molecule has 0 bridgehead atoms. The number of aliphatic hydroxyl groups excluding tert-OH is 1. The van der Waals surface area contributed by atoms with E-state index in [4.69, 9.17) is 16.3 Å². The van der Waals surface area contributed by atoms with Gasteiger partial charge < -0.3 is 15.2 Å². The zero-order valence-electron chi connectivity index (χ0n) is 16.4. The largest absolute Gasteiger partial charge is 0.485 e. The molecule has 0 unspecified atom stereocenters. The van der Waals surface area contributed by atoms with Crippen LogP contribution in [0.3, 0.4) is 0 Å². The zero-order valence-corrected chi connectivity index (χ0v) is 17.1. The van der Waals surface area contributed by atoms with Crippen LogP contribution >= 0.6 is 11.6 Å². The number of nitrogens with one attached hydrogen (secondary N) is 1. The summed E-state index contributed by atoms with van der Waals surface area (Å²) in [6.07, 6.45) is 0.200. The molecule has 3 aromatic rings. The lowest BCUT2D eigenvalue weighted by Crippen LogP contribution is -2.52. The second-order valence-electron chi connectivity index (χ2n) is 7.99. The number of aromatic nitrogens is 1. The maximum atomic E-state index is 11.0. The molecule has 2 atom stereocenters. The maximum absolute atomic E-state index is 11.0. The van der Waals surface area contributed by atoms with E-state index in [0.29, 0.717) is 5.15 Å². The Kier molecular flexibility index (Phi) is 5.04. The number of aryl methyl sites for hydroxylation is 1. The summed E-state index contributed by atoms with van der Waals surface area (Å²) in [5, 5.41) is 16.0. The van der Waals surface area contributed by atoms with Gasteiger partial charge in [0.05, 0.1) is 11.6 Å². The number of pyridine rings is 1. The van der Waals surface area contributed by atoms with Gasteiger partial charge in [-0.25, -0.2) is 4.98 Å². The predicted octanol–water partition coefficient (Wildman–Crippen LogP) is 4.60. The summed E-state index contributed by atoms with van der Waals surface area (Å²) in [5.74, 6) is 0.784. The van der Waals surface area contributed by atoms with Crippen LogP contribution in [0.1, 0.15) is 36.6 Å². The minimum Gasteiger partial charge on any atom is -0.485 e. The van der Waals surface area contributed by atoms with E-state index >= 15 is 0 Å². The number of benzene rings is 2. The second-order valence-corrected chi connectivity index (χ2v) is 8.37. The Morgan fingerprint density at radius 1 is 1.18 bits per heavy atom. The van der Waals surface area contributed by atoms with Gasteiger partial charge in [0, 0.05) is 10.9 Å². The van der Waals surface area contributed by atoms with Crippen molar-refractivity contribution in [1.29, 1.82) is 0 Å². The number of rotatable bonds is 4. The van der Waals surface area contributed by atoms with Crippen LogP contribution in [-0.4, -0.2) is 28.3 Å². The van der Waals surface area contributed by atoms with Crippen molar-refractivity contribution in [2.24, 2.45) is 0 Å². The molecule has 5 heteroatoms. The maximum Gasteiger partial charge on any atom is 0.131 e. The molecule has 0 spiro atoms. The smallest absolute Gasteiger partial charge is 0.131 e. The van der Waals surface area contributed by atoms with Gasteiger partial charge in [-0.2, -0.15) is 0 Å². The molecule has 0 aliphatic carbocycles. The number of aliphatic hydroxyl groups is 1. The summed E-state index contributed by atoms with van der Waals surface area (Å²) in [6, 6.07) is 15.9. The van der Waals surface area contributed by atoms with Gasteiger partial charge in [0.1, 0.15) is 22.6 Å². The van der Waals surface area contributed by atoms with Crippen LogP contribution in [0.2, 0.25) is 5.15 Å². The molecule has 1 aliphatic heterocycles. The van der Waals surface area contributed by atoms with E-state index in [0.717, 1.165) is 40.7 Å². The van der Waals surface area contributed by atoms with Crippen LogP contribution in [0, 0.1) is 6.92 Å². The van der Waals surface area contributed by atoms with Crippen molar-refractivity contribution in [3.8, 4) is 5.75 Å². The fourth-order valence-corrected chi connectivity index (χ4v) is 4.14. The zero-order chi connectivity index (χ0) is 19.9. The van der Waals surface area contributed by atoms with Gasteiger partial charge in [0.25, 0.3) is 0 Å². The Hall–Kier alpha value is -2.14. The van der Waals surface area contributed by atoms with E-state index in [1.54, 1.807) is 0 Å². The van der Waals surface area contributed by atoms with Crippen molar-refractivity contribution >= 4 is 22.5 Å². The summed E-state index contributed by atoms with van der Waals surface area (Å²) < 4.78 is 6.17. The molecular weight excluding hydrogens is 372 g/mol. The van der Waals surface area contributed by atoms with Crippen molar-refractivity contribution in [3.05, 3.63) is 70.4 Å². The first-order chi connectivity index (χ1) is 13.3. The van der Waals surface area contributed by atoms with E-state index < -0.39 is 11.7 Å². The van der Waals surface area contributed by atoms with E-state index in [-0.39, 0.29) is 6.04 Å². The van der Waals surface area contributed by atoms with E-state index in [1.807, 2.05) is 57.2 Å². The molecule has 0 radical (unpaired) electrons. The van der Waals surface area contributed by atoms with Gasteiger partial charge in [-0.1, -0.05) is 41.9 Å². The fraction of sp³-hybridized carbons (Fsp3) is 0.348. The average Bonchev–Trinajstić information content (AvgIpc) is 2.65. The molecule has 1 aromatic heterocycles. The Labute approximate surface area is 170 Å². The van der Waals surface area contributed by atoms with Crippen LogP contribution in [0.5, 0.6) is 5.75 Å². The molecule has 0 amide bonds. The average molecular weight is 397 g/mol. The summed E-state index contributed by atoms with van der Waals surface area (Å²) in [5.41, 5.74) is 3.35. The molecule has 2 heterocycles. The SMILES string of the molecule is Cc1cc(Cl)nc2cc3c(cc12)OC(C)(C)[C@@H](O)[C@@H]3NCCc1ccccc1. The minimum absolute atomic E-state index is 0.243. The lowest BCUT2D eigenvalue weighted by atomic mass is 9.85. The predicted molar refractivity (Wildman–Crippen MR) is 113 cm³/mol. The highest BCUT2D eigenvalue weighted by molar-refractivity contribution is 6.29. The van der Waals surface area contributed by atoms with Gasteiger partial charge in [0.2, 0.25) is 0 Å². The molecule has 4 rings (SSSR count). The highest BCUT2D eigenvalue weighted by Crippen LogP contribution is 2.42. The quantitative estimate of drug-likeness (QED) is 0.633. The molecule has 0 saturated heterocycles. The van der Waals surface area contributed by atoms with Gasteiger partial charge in [-0.15, -0.1) is 0 Å². The molecule has 1 aliphatic rings. The Balaban J connectivity index is 1.68. The summed E-state index contributed by atoms with van der Waals surface area (Å²) in [7, 11) is 0. The molecular formula is C23H25ClN2O2.